The number of benzene rings is 1. The third-order valence-corrected chi connectivity index (χ3v) is 3.55. The van der Waals surface area contributed by atoms with E-state index in [9.17, 15) is 0 Å². The van der Waals surface area contributed by atoms with Crippen LogP contribution in [0.2, 0.25) is 0 Å². The van der Waals surface area contributed by atoms with E-state index in [-0.39, 0.29) is 6.04 Å². The second-order valence-electron chi connectivity index (χ2n) is 4.58. The summed E-state index contributed by atoms with van der Waals surface area (Å²) in [7, 11) is 0. The van der Waals surface area contributed by atoms with Crippen LogP contribution in [-0.2, 0) is 0 Å². The summed E-state index contributed by atoms with van der Waals surface area (Å²) in [5.41, 5.74) is 1.36. The molecule has 3 heteroatoms. The molecule has 96 valence electrons. The van der Waals surface area contributed by atoms with Crippen molar-refractivity contribution in [3.63, 3.8) is 0 Å². The molecule has 0 aliphatic heterocycles. The van der Waals surface area contributed by atoms with Crippen molar-refractivity contribution in [2.75, 3.05) is 6.54 Å². The highest BCUT2D eigenvalue weighted by molar-refractivity contribution is 9.10. The molecule has 2 unspecified atom stereocenters. The summed E-state index contributed by atoms with van der Waals surface area (Å²) < 4.78 is 6.32. The zero-order valence-corrected chi connectivity index (χ0v) is 12.3. The van der Waals surface area contributed by atoms with E-state index in [0.29, 0.717) is 5.92 Å². The van der Waals surface area contributed by atoms with Gasteiger partial charge >= 0.3 is 0 Å². The fourth-order valence-corrected chi connectivity index (χ4v) is 2.23. The molecule has 0 aliphatic rings. The van der Waals surface area contributed by atoms with Crippen LogP contribution in [0.4, 0.5) is 0 Å². The van der Waals surface area contributed by atoms with Gasteiger partial charge in [-0.05, 0) is 46.5 Å². The molecular formula is C15H18BrNO. The highest BCUT2D eigenvalue weighted by Crippen LogP contribution is 2.21. The van der Waals surface area contributed by atoms with E-state index in [1.54, 1.807) is 0 Å². The van der Waals surface area contributed by atoms with Crippen molar-refractivity contribution in [2.45, 2.75) is 25.8 Å². The van der Waals surface area contributed by atoms with Gasteiger partial charge in [-0.1, -0.05) is 37.3 Å². The minimum atomic E-state index is 0.225. The van der Waals surface area contributed by atoms with Crippen molar-refractivity contribution in [3.05, 3.63) is 58.5 Å². The van der Waals surface area contributed by atoms with Gasteiger partial charge in [-0.25, -0.2) is 0 Å². The predicted octanol–water partition coefficient (Wildman–Crippen LogP) is 4.50. The number of nitrogens with one attached hydrogen (secondary N) is 1. The molecule has 1 N–H and O–H groups in total. The monoisotopic (exact) mass is 307 g/mol. The van der Waals surface area contributed by atoms with Gasteiger partial charge in [0.2, 0.25) is 0 Å². The van der Waals surface area contributed by atoms with Gasteiger partial charge in [0.25, 0.3) is 0 Å². The molecular weight excluding hydrogens is 290 g/mol. The van der Waals surface area contributed by atoms with Crippen LogP contribution in [0.5, 0.6) is 0 Å². The van der Waals surface area contributed by atoms with Gasteiger partial charge in [-0.15, -0.1) is 0 Å². The van der Waals surface area contributed by atoms with Crippen molar-refractivity contribution < 1.29 is 4.42 Å². The summed E-state index contributed by atoms with van der Waals surface area (Å²) in [6.07, 6.45) is 0. The number of furan rings is 1. The van der Waals surface area contributed by atoms with Crippen molar-refractivity contribution in [1.29, 1.82) is 0 Å². The van der Waals surface area contributed by atoms with E-state index in [4.69, 9.17) is 4.42 Å². The van der Waals surface area contributed by atoms with Crippen LogP contribution >= 0.6 is 15.9 Å². The zero-order chi connectivity index (χ0) is 13.0. The summed E-state index contributed by atoms with van der Waals surface area (Å²) in [4.78, 5) is 0. The first-order valence-corrected chi connectivity index (χ1v) is 6.99. The van der Waals surface area contributed by atoms with Gasteiger partial charge in [-0.2, -0.15) is 0 Å². The van der Waals surface area contributed by atoms with Crippen LogP contribution in [-0.4, -0.2) is 6.54 Å². The second kappa shape index (κ2) is 6.21. The summed E-state index contributed by atoms with van der Waals surface area (Å²) in [5.74, 6) is 1.45. The van der Waals surface area contributed by atoms with Gasteiger partial charge in [-0.3, -0.25) is 0 Å². The first kappa shape index (κ1) is 13.4. The summed E-state index contributed by atoms with van der Waals surface area (Å²) in [6.45, 7) is 5.28. The molecule has 0 fully saturated rings. The van der Waals surface area contributed by atoms with Crippen LogP contribution in [0.3, 0.4) is 0 Å². The van der Waals surface area contributed by atoms with Gasteiger partial charge in [0, 0.05) is 6.54 Å². The molecule has 1 heterocycles. The molecule has 0 saturated carbocycles. The summed E-state index contributed by atoms with van der Waals surface area (Å²) in [6, 6.07) is 14.7. The van der Waals surface area contributed by atoms with Crippen LogP contribution in [0, 0.1) is 0 Å². The average molecular weight is 308 g/mol. The SMILES string of the molecule is CC(CNC(C)c1ccc(Br)o1)c1ccccc1. The third-order valence-electron chi connectivity index (χ3n) is 3.12. The van der Waals surface area contributed by atoms with Gasteiger partial charge < -0.3 is 9.73 Å². The Bertz CT molecular complexity index is 480. The Kier molecular flexibility index (Phi) is 4.61. The van der Waals surface area contributed by atoms with E-state index in [0.717, 1.165) is 17.0 Å². The van der Waals surface area contributed by atoms with Crippen molar-refractivity contribution in [3.8, 4) is 0 Å². The molecule has 0 amide bonds. The molecule has 0 aliphatic carbocycles. The molecule has 0 radical (unpaired) electrons. The van der Waals surface area contributed by atoms with Gasteiger partial charge in [0.05, 0.1) is 6.04 Å². The van der Waals surface area contributed by atoms with Gasteiger partial charge in [0.1, 0.15) is 5.76 Å². The smallest absolute Gasteiger partial charge is 0.169 e. The summed E-state index contributed by atoms with van der Waals surface area (Å²) >= 11 is 3.32. The van der Waals surface area contributed by atoms with Crippen molar-refractivity contribution in [1.82, 2.24) is 5.32 Å². The molecule has 0 saturated heterocycles. The van der Waals surface area contributed by atoms with Crippen molar-refractivity contribution in [2.24, 2.45) is 0 Å². The molecule has 2 atom stereocenters. The Hall–Kier alpha value is -1.06. The Labute approximate surface area is 117 Å². The molecule has 0 bridgehead atoms. The van der Waals surface area contributed by atoms with E-state index >= 15 is 0 Å². The zero-order valence-electron chi connectivity index (χ0n) is 10.7. The fraction of sp³-hybridized carbons (Fsp3) is 0.333. The molecule has 2 nitrogen and oxygen atoms in total. The third kappa shape index (κ3) is 3.47. The number of halogens is 1. The van der Waals surface area contributed by atoms with E-state index in [2.05, 4.69) is 59.4 Å². The Morgan fingerprint density at radius 3 is 2.44 bits per heavy atom. The first-order chi connectivity index (χ1) is 8.66. The molecule has 2 aromatic rings. The maximum atomic E-state index is 5.54. The maximum Gasteiger partial charge on any atom is 0.169 e. The second-order valence-corrected chi connectivity index (χ2v) is 5.37. The van der Waals surface area contributed by atoms with Crippen LogP contribution in [0.15, 0.2) is 51.6 Å². The highest BCUT2D eigenvalue weighted by atomic mass is 79.9. The number of hydrogen-bond donors (Lipinski definition) is 1. The standard InChI is InChI=1S/C15H18BrNO/c1-11(13-6-4-3-5-7-13)10-17-12(2)14-8-9-15(16)18-14/h3-9,11-12,17H,10H2,1-2H3. The molecule has 18 heavy (non-hydrogen) atoms. The largest absolute Gasteiger partial charge is 0.453 e. The van der Waals surface area contributed by atoms with Crippen LogP contribution in [0.25, 0.3) is 0 Å². The molecule has 0 spiro atoms. The van der Waals surface area contributed by atoms with Crippen LogP contribution < -0.4 is 5.32 Å². The molecule has 2 rings (SSSR count). The number of rotatable bonds is 5. The van der Waals surface area contributed by atoms with E-state index < -0.39 is 0 Å². The van der Waals surface area contributed by atoms with Crippen molar-refractivity contribution >= 4 is 15.9 Å². The lowest BCUT2D eigenvalue weighted by molar-refractivity contribution is 0.412. The molecule has 1 aromatic carbocycles. The molecule has 1 aromatic heterocycles. The Morgan fingerprint density at radius 2 is 1.83 bits per heavy atom. The first-order valence-electron chi connectivity index (χ1n) is 6.20. The lowest BCUT2D eigenvalue weighted by Gasteiger charge is -2.16. The average Bonchev–Trinajstić information content (AvgIpc) is 2.83. The number of hydrogen-bond acceptors (Lipinski definition) is 2. The topological polar surface area (TPSA) is 25.2 Å². The summed E-state index contributed by atoms with van der Waals surface area (Å²) in [5, 5.41) is 3.50. The van der Waals surface area contributed by atoms with Gasteiger partial charge in [0.15, 0.2) is 4.67 Å². The lowest BCUT2D eigenvalue weighted by Crippen LogP contribution is -2.23. The maximum absolute atomic E-state index is 5.54. The Balaban J connectivity index is 1.88. The van der Waals surface area contributed by atoms with E-state index in [1.807, 2.05) is 18.2 Å². The Morgan fingerprint density at radius 1 is 1.11 bits per heavy atom. The predicted molar refractivity (Wildman–Crippen MR) is 77.7 cm³/mol. The quantitative estimate of drug-likeness (QED) is 0.880. The minimum Gasteiger partial charge on any atom is -0.453 e. The minimum absolute atomic E-state index is 0.225. The highest BCUT2D eigenvalue weighted by Gasteiger charge is 2.11. The normalized spacial score (nSPS) is 14.4. The lowest BCUT2D eigenvalue weighted by atomic mass is 10.0. The van der Waals surface area contributed by atoms with E-state index in [1.165, 1.54) is 5.56 Å². The fourth-order valence-electron chi connectivity index (χ4n) is 1.91. The van der Waals surface area contributed by atoms with Crippen LogP contribution in [0.1, 0.15) is 37.1 Å².